The maximum Gasteiger partial charge on any atom is 0.114 e. The number of aryl methyl sites for hydroxylation is 1. The van der Waals surface area contributed by atoms with Crippen LogP contribution in [0.15, 0.2) is 16.5 Å². The van der Waals surface area contributed by atoms with Gasteiger partial charge in [0, 0.05) is 18.7 Å². The van der Waals surface area contributed by atoms with Crippen LogP contribution in [-0.4, -0.2) is 30.6 Å². The summed E-state index contributed by atoms with van der Waals surface area (Å²) in [7, 11) is 1.84. The molecule has 0 aromatic carbocycles. The third-order valence-electron chi connectivity index (χ3n) is 2.06. The molecular weight excluding hydrogens is 210 g/mol. The van der Waals surface area contributed by atoms with Crippen LogP contribution in [0.2, 0.25) is 0 Å². The van der Waals surface area contributed by atoms with Gasteiger partial charge in [0.2, 0.25) is 0 Å². The molecule has 1 heterocycles. The maximum absolute atomic E-state index is 9.46. The Morgan fingerprint density at radius 1 is 1.47 bits per heavy atom. The first-order chi connectivity index (χ1) is 7.26. The number of furan rings is 1. The standard InChI is InChI=1S/C11H19NO2S/c1-3-10-4-5-11(14-10)8-15-7-9(13)6-12-2/h4-5,9,12-13H,3,6-8H2,1-2H3. The summed E-state index contributed by atoms with van der Waals surface area (Å²) in [6, 6.07) is 4.02. The monoisotopic (exact) mass is 229 g/mol. The molecule has 86 valence electrons. The van der Waals surface area contributed by atoms with Crippen molar-refractivity contribution in [2.24, 2.45) is 0 Å². The zero-order chi connectivity index (χ0) is 11.1. The van der Waals surface area contributed by atoms with Crippen molar-refractivity contribution in [2.75, 3.05) is 19.3 Å². The first kappa shape index (κ1) is 12.6. The molecular formula is C11H19NO2S. The Bertz CT molecular complexity index is 275. The van der Waals surface area contributed by atoms with Crippen LogP contribution in [0, 0.1) is 0 Å². The zero-order valence-corrected chi connectivity index (χ0v) is 10.1. The van der Waals surface area contributed by atoms with Gasteiger partial charge in [0.1, 0.15) is 11.5 Å². The topological polar surface area (TPSA) is 45.4 Å². The SMILES string of the molecule is CCc1ccc(CSCC(O)CNC)o1. The second-order valence-corrected chi connectivity index (χ2v) is 4.48. The van der Waals surface area contributed by atoms with Gasteiger partial charge in [0.25, 0.3) is 0 Å². The lowest BCUT2D eigenvalue weighted by Crippen LogP contribution is -2.25. The summed E-state index contributed by atoms with van der Waals surface area (Å²) in [5, 5.41) is 12.4. The Hall–Kier alpha value is -0.450. The van der Waals surface area contributed by atoms with Crippen LogP contribution in [0.4, 0.5) is 0 Å². The Kier molecular flexibility index (Phi) is 5.83. The molecule has 0 aliphatic carbocycles. The van der Waals surface area contributed by atoms with Gasteiger partial charge < -0.3 is 14.8 Å². The van der Waals surface area contributed by atoms with Crippen LogP contribution in [0.25, 0.3) is 0 Å². The molecule has 0 radical (unpaired) electrons. The second kappa shape index (κ2) is 6.93. The fraction of sp³-hybridized carbons (Fsp3) is 0.636. The summed E-state index contributed by atoms with van der Waals surface area (Å²) in [5.74, 6) is 3.60. The molecule has 0 amide bonds. The second-order valence-electron chi connectivity index (χ2n) is 3.45. The molecule has 4 heteroatoms. The number of aliphatic hydroxyl groups is 1. The fourth-order valence-corrected chi connectivity index (χ4v) is 2.14. The van der Waals surface area contributed by atoms with E-state index < -0.39 is 0 Å². The normalized spacial score (nSPS) is 13.0. The van der Waals surface area contributed by atoms with E-state index in [1.165, 1.54) is 0 Å². The molecule has 0 aliphatic rings. The van der Waals surface area contributed by atoms with Gasteiger partial charge in [-0.15, -0.1) is 0 Å². The third kappa shape index (κ3) is 4.73. The molecule has 2 N–H and O–H groups in total. The van der Waals surface area contributed by atoms with Gasteiger partial charge in [-0.3, -0.25) is 0 Å². The van der Waals surface area contributed by atoms with Crippen molar-refractivity contribution in [3.63, 3.8) is 0 Å². The van der Waals surface area contributed by atoms with E-state index in [-0.39, 0.29) is 6.10 Å². The predicted molar refractivity (Wildman–Crippen MR) is 64.2 cm³/mol. The lowest BCUT2D eigenvalue weighted by atomic mass is 10.4. The number of likely N-dealkylation sites (N-methyl/N-ethyl adjacent to an activating group) is 1. The van der Waals surface area contributed by atoms with E-state index in [0.29, 0.717) is 6.54 Å². The first-order valence-corrected chi connectivity index (χ1v) is 6.39. The van der Waals surface area contributed by atoms with E-state index in [1.807, 2.05) is 19.2 Å². The van der Waals surface area contributed by atoms with Crippen molar-refractivity contribution >= 4 is 11.8 Å². The number of hydrogen-bond donors (Lipinski definition) is 2. The Balaban J connectivity index is 2.19. The predicted octanol–water partition coefficient (Wildman–Crippen LogP) is 1.66. The lowest BCUT2D eigenvalue weighted by molar-refractivity contribution is 0.199. The molecule has 1 aromatic heterocycles. The van der Waals surface area contributed by atoms with E-state index >= 15 is 0 Å². The summed E-state index contributed by atoms with van der Waals surface area (Å²) >= 11 is 1.69. The molecule has 1 atom stereocenters. The Morgan fingerprint density at radius 2 is 2.20 bits per heavy atom. The molecule has 15 heavy (non-hydrogen) atoms. The molecule has 0 bridgehead atoms. The van der Waals surface area contributed by atoms with Gasteiger partial charge >= 0.3 is 0 Å². The van der Waals surface area contributed by atoms with Gasteiger partial charge in [0.05, 0.1) is 11.9 Å². The highest BCUT2D eigenvalue weighted by molar-refractivity contribution is 7.98. The third-order valence-corrected chi connectivity index (χ3v) is 3.17. The molecule has 1 aromatic rings. The van der Waals surface area contributed by atoms with Gasteiger partial charge in [-0.2, -0.15) is 11.8 Å². The number of aliphatic hydroxyl groups excluding tert-OH is 1. The molecule has 0 fully saturated rings. The molecule has 0 spiro atoms. The van der Waals surface area contributed by atoms with E-state index in [2.05, 4.69) is 12.2 Å². The summed E-state index contributed by atoms with van der Waals surface area (Å²) in [5.41, 5.74) is 0. The summed E-state index contributed by atoms with van der Waals surface area (Å²) in [6.45, 7) is 2.72. The summed E-state index contributed by atoms with van der Waals surface area (Å²) < 4.78 is 5.56. The van der Waals surface area contributed by atoms with Crippen molar-refractivity contribution < 1.29 is 9.52 Å². The van der Waals surface area contributed by atoms with Crippen LogP contribution < -0.4 is 5.32 Å². The minimum Gasteiger partial charge on any atom is -0.465 e. The van der Waals surface area contributed by atoms with Gasteiger partial charge in [-0.25, -0.2) is 0 Å². The summed E-state index contributed by atoms with van der Waals surface area (Å²) in [4.78, 5) is 0. The van der Waals surface area contributed by atoms with E-state index in [9.17, 15) is 5.11 Å². The minimum absolute atomic E-state index is 0.277. The highest BCUT2D eigenvalue weighted by atomic mass is 32.2. The number of rotatable bonds is 7. The smallest absolute Gasteiger partial charge is 0.114 e. The lowest BCUT2D eigenvalue weighted by Gasteiger charge is -2.07. The Labute approximate surface area is 95.2 Å². The maximum atomic E-state index is 9.46. The molecule has 1 rings (SSSR count). The highest BCUT2D eigenvalue weighted by Crippen LogP contribution is 2.16. The number of hydrogen-bond acceptors (Lipinski definition) is 4. The van der Waals surface area contributed by atoms with Crippen LogP contribution >= 0.6 is 11.8 Å². The molecule has 1 unspecified atom stereocenters. The van der Waals surface area contributed by atoms with Gasteiger partial charge in [-0.05, 0) is 19.2 Å². The average Bonchev–Trinajstić information content (AvgIpc) is 2.66. The molecule has 3 nitrogen and oxygen atoms in total. The van der Waals surface area contributed by atoms with E-state index in [0.717, 1.165) is 29.4 Å². The largest absolute Gasteiger partial charge is 0.465 e. The average molecular weight is 229 g/mol. The van der Waals surface area contributed by atoms with Crippen molar-refractivity contribution in [3.05, 3.63) is 23.7 Å². The molecule has 0 aliphatic heterocycles. The fourth-order valence-electron chi connectivity index (χ4n) is 1.28. The van der Waals surface area contributed by atoms with Crippen molar-refractivity contribution in [2.45, 2.75) is 25.2 Å². The van der Waals surface area contributed by atoms with Crippen molar-refractivity contribution in [1.29, 1.82) is 0 Å². The number of thioether (sulfide) groups is 1. The Morgan fingerprint density at radius 3 is 2.80 bits per heavy atom. The molecule has 0 saturated heterocycles. The van der Waals surface area contributed by atoms with Crippen molar-refractivity contribution in [1.82, 2.24) is 5.32 Å². The van der Waals surface area contributed by atoms with Crippen LogP contribution in [-0.2, 0) is 12.2 Å². The van der Waals surface area contributed by atoms with Gasteiger partial charge in [-0.1, -0.05) is 6.92 Å². The van der Waals surface area contributed by atoms with Gasteiger partial charge in [0.15, 0.2) is 0 Å². The van der Waals surface area contributed by atoms with Crippen LogP contribution in [0.3, 0.4) is 0 Å². The zero-order valence-electron chi connectivity index (χ0n) is 9.32. The first-order valence-electron chi connectivity index (χ1n) is 5.24. The van der Waals surface area contributed by atoms with Crippen molar-refractivity contribution in [3.8, 4) is 0 Å². The van der Waals surface area contributed by atoms with E-state index in [4.69, 9.17) is 4.42 Å². The quantitative estimate of drug-likeness (QED) is 0.746. The van der Waals surface area contributed by atoms with Crippen LogP contribution in [0.1, 0.15) is 18.4 Å². The summed E-state index contributed by atoms with van der Waals surface area (Å²) in [6.07, 6.45) is 0.660. The van der Waals surface area contributed by atoms with E-state index in [1.54, 1.807) is 11.8 Å². The molecule has 0 saturated carbocycles. The highest BCUT2D eigenvalue weighted by Gasteiger charge is 2.04. The minimum atomic E-state index is -0.277. The number of nitrogens with one attached hydrogen (secondary N) is 1. The van der Waals surface area contributed by atoms with Crippen LogP contribution in [0.5, 0.6) is 0 Å².